The Bertz CT molecular complexity index is 626. The zero-order valence-corrected chi connectivity index (χ0v) is 12.9. The van der Waals surface area contributed by atoms with E-state index in [-0.39, 0.29) is 0 Å². The number of methoxy groups -OCH3 is 3. The van der Waals surface area contributed by atoms with Crippen LogP contribution < -0.4 is 14.8 Å². The van der Waals surface area contributed by atoms with Crippen LogP contribution >= 0.6 is 0 Å². The smallest absolute Gasteiger partial charge is 0.341 e. The zero-order chi connectivity index (χ0) is 16.3. The number of amides is 2. The highest BCUT2D eigenvalue weighted by Gasteiger charge is 2.39. The van der Waals surface area contributed by atoms with Gasteiger partial charge >= 0.3 is 12.0 Å². The van der Waals surface area contributed by atoms with Crippen LogP contribution in [0.15, 0.2) is 23.2 Å². The van der Waals surface area contributed by atoms with Gasteiger partial charge in [0.1, 0.15) is 5.92 Å². The molecule has 1 aromatic carbocycles. The molecule has 2 rings (SSSR count). The number of urea groups is 1. The highest BCUT2D eigenvalue weighted by Crippen LogP contribution is 2.39. The molecule has 0 bridgehead atoms. The fourth-order valence-electron chi connectivity index (χ4n) is 2.57. The van der Waals surface area contributed by atoms with E-state index in [4.69, 9.17) is 14.2 Å². The third kappa shape index (κ3) is 2.74. The van der Waals surface area contributed by atoms with Gasteiger partial charge in [-0.25, -0.2) is 9.79 Å². The van der Waals surface area contributed by atoms with Gasteiger partial charge in [0.15, 0.2) is 11.5 Å². The summed E-state index contributed by atoms with van der Waals surface area (Å²) in [6.07, 6.45) is 0. The second kappa shape index (κ2) is 6.46. The zero-order valence-electron chi connectivity index (χ0n) is 12.9. The quantitative estimate of drug-likeness (QED) is 0.856. The molecular formula is C15H18N2O5. The number of carbonyl (C=O) groups excluding carboxylic acids is 2. The number of para-hydroxylation sites is 1. The minimum absolute atomic E-state index is 0.394. The summed E-state index contributed by atoms with van der Waals surface area (Å²) in [7, 11) is 4.32. The molecule has 1 aromatic rings. The maximum absolute atomic E-state index is 12.1. The summed E-state index contributed by atoms with van der Waals surface area (Å²) in [6, 6.07) is 4.12. The first-order valence-corrected chi connectivity index (χ1v) is 6.67. The summed E-state index contributed by atoms with van der Waals surface area (Å²) < 4.78 is 15.5. The molecular weight excluding hydrogens is 288 g/mol. The molecule has 118 valence electrons. The Kier molecular flexibility index (Phi) is 4.65. The van der Waals surface area contributed by atoms with Crippen molar-refractivity contribution in [3.8, 4) is 11.5 Å². The lowest BCUT2D eigenvalue weighted by molar-refractivity contribution is -0.143. The molecule has 1 N–H and O–H groups in total. The minimum Gasteiger partial charge on any atom is -0.493 e. The molecule has 2 unspecified atom stereocenters. The lowest BCUT2D eigenvalue weighted by Crippen LogP contribution is -2.44. The molecule has 7 heteroatoms. The van der Waals surface area contributed by atoms with Crippen molar-refractivity contribution in [1.82, 2.24) is 5.32 Å². The van der Waals surface area contributed by atoms with Crippen LogP contribution in [0.2, 0.25) is 0 Å². The van der Waals surface area contributed by atoms with Crippen LogP contribution in [0.3, 0.4) is 0 Å². The van der Waals surface area contributed by atoms with Crippen molar-refractivity contribution in [2.45, 2.75) is 13.0 Å². The van der Waals surface area contributed by atoms with E-state index in [9.17, 15) is 9.59 Å². The molecule has 2 amide bonds. The summed E-state index contributed by atoms with van der Waals surface area (Å²) in [6.45, 7) is 1.62. The van der Waals surface area contributed by atoms with Crippen molar-refractivity contribution in [3.05, 3.63) is 23.8 Å². The molecule has 0 fully saturated rings. The van der Waals surface area contributed by atoms with E-state index in [0.717, 1.165) is 0 Å². The van der Waals surface area contributed by atoms with Crippen LogP contribution in [0.25, 0.3) is 0 Å². The lowest BCUT2D eigenvalue weighted by atomic mass is 9.87. The van der Waals surface area contributed by atoms with Crippen molar-refractivity contribution in [2.75, 3.05) is 21.3 Å². The average Bonchev–Trinajstić information content (AvgIpc) is 2.52. The fourth-order valence-corrected chi connectivity index (χ4v) is 2.57. The summed E-state index contributed by atoms with van der Waals surface area (Å²) >= 11 is 0. The molecule has 0 saturated carbocycles. The highest BCUT2D eigenvalue weighted by molar-refractivity contribution is 6.08. The van der Waals surface area contributed by atoms with Gasteiger partial charge in [-0.05, 0) is 13.0 Å². The van der Waals surface area contributed by atoms with Crippen molar-refractivity contribution in [1.29, 1.82) is 0 Å². The molecule has 22 heavy (non-hydrogen) atoms. The van der Waals surface area contributed by atoms with E-state index in [0.29, 0.717) is 22.8 Å². The molecule has 0 aliphatic carbocycles. The van der Waals surface area contributed by atoms with Gasteiger partial charge in [-0.1, -0.05) is 12.1 Å². The normalized spacial score (nSPS) is 20.7. The van der Waals surface area contributed by atoms with Crippen molar-refractivity contribution in [2.24, 2.45) is 10.9 Å². The first-order valence-electron chi connectivity index (χ1n) is 6.67. The van der Waals surface area contributed by atoms with Crippen molar-refractivity contribution < 1.29 is 23.8 Å². The van der Waals surface area contributed by atoms with Gasteiger partial charge in [0.05, 0.1) is 27.4 Å². The predicted molar refractivity (Wildman–Crippen MR) is 79.4 cm³/mol. The van der Waals surface area contributed by atoms with Crippen LogP contribution in [0.4, 0.5) is 4.79 Å². The summed E-state index contributed by atoms with van der Waals surface area (Å²) in [5.74, 6) is -0.225. The molecule has 0 saturated heterocycles. The fraction of sp³-hybridized carbons (Fsp3) is 0.400. The molecule has 0 spiro atoms. The average molecular weight is 306 g/mol. The Labute approximate surface area is 128 Å². The standard InChI is InChI=1S/C15H18N2O5/c1-8-11(14(18)22-4)12(17-15(19)16-8)9-6-5-7-10(20-2)13(9)21-3/h5-7,11-12H,1-4H3,(H,17,19). The summed E-state index contributed by atoms with van der Waals surface area (Å²) in [4.78, 5) is 27.6. The monoisotopic (exact) mass is 306 g/mol. The Balaban J connectivity index is 2.56. The second-order valence-corrected chi connectivity index (χ2v) is 4.76. The number of carbonyl (C=O) groups is 2. The molecule has 0 radical (unpaired) electrons. The van der Waals surface area contributed by atoms with E-state index < -0.39 is 24.0 Å². The maximum Gasteiger partial charge on any atom is 0.341 e. The van der Waals surface area contributed by atoms with Crippen LogP contribution in [-0.2, 0) is 9.53 Å². The van der Waals surface area contributed by atoms with E-state index >= 15 is 0 Å². The number of aliphatic imine (C=N–C) groups is 1. The Morgan fingerprint density at radius 1 is 1.23 bits per heavy atom. The molecule has 7 nitrogen and oxygen atoms in total. The van der Waals surface area contributed by atoms with E-state index in [2.05, 4.69) is 10.3 Å². The largest absolute Gasteiger partial charge is 0.493 e. The molecule has 1 aliphatic heterocycles. The SMILES string of the molecule is COC(=O)C1C(C)=NC(=O)NC1c1cccc(OC)c1OC. The Hall–Kier alpha value is -2.57. The molecule has 0 aromatic heterocycles. The molecule has 1 aliphatic rings. The van der Waals surface area contributed by atoms with E-state index in [1.54, 1.807) is 25.1 Å². The topological polar surface area (TPSA) is 86.2 Å². The summed E-state index contributed by atoms with van der Waals surface area (Å²) in [5, 5.41) is 2.69. The van der Waals surface area contributed by atoms with Gasteiger partial charge in [-0.3, -0.25) is 4.79 Å². The van der Waals surface area contributed by atoms with Crippen LogP contribution in [0, 0.1) is 5.92 Å². The van der Waals surface area contributed by atoms with E-state index in [1.807, 2.05) is 0 Å². The highest BCUT2D eigenvalue weighted by atomic mass is 16.5. The van der Waals surface area contributed by atoms with Gasteiger partial charge in [0.25, 0.3) is 0 Å². The van der Waals surface area contributed by atoms with Crippen LogP contribution in [0.5, 0.6) is 11.5 Å². The number of benzene rings is 1. The Morgan fingerprint density at radius 2 is 1.95 bits per heavy atom. The first-order chi connectivity index (χ1) is 10.5. The van der Waals surface area contributed by atoms with Crippen LogP contribution in [0.1, 0.15) is 18.5 Å². The molecule has 2 atom stereocenters. The molecule has 1 heterocycles. The van der Waals surface area contributed by atoms with Crippen molar-refractivity contribution >= 4 is 17.7 Å². The van der Waals surface area contributed by atoms with Gasteiger partial charge < -0.3 is 19.5 Å². The van der Waals surface area contributed by atoms with Gasteiger partial charge in [-0.15, -0.1) is 0 Å². The third-order valence-electron chi connectivity index (χ3n) is 3.56. The first kappa shape index (κ1) is 15.8. The number of rotatable bonds is 4. The van der Waals surface area contributed by atoms with Gasteiger partial charge in [-0.2, -0.15) is 0 Å². The number of ether oxygens (including phenoxy) is 3. The second-order valence-electron chi connectivity index (χ2n) is 4.76. The summed E-state index contributed by atoms with van der Waals surface area (Å²) in [5.41, 5.74) is 1.02. The predicted octanol–water partition coefficient (Wildman–Crippen LogP) is 1.72. The van der Waals surface area contributed by atoms with Crippen molar-refractivity contribution in [3.63, 3.8) is 0 Å². The van der Waals surface area contributed by atoms with E-state index in [1.165, 1.54) is 21.3 Å². The number of nitrogens with one attached hydrogen (secondary N) is 1. The van der Waals surface area contributed by atoms with Gasteiger partial charge in [0, 0.05) is 11.3 Å². The number of esters is 1. The Morgan fingerprint density at radius 3 is 2.55 bits per heavy atom. The van der Waals surface area contributed by atoms with Gasteiger partial charge in [0.2, 0.25) is 0 Å². The van der Waals surface area contributed by atoms with Crippen LogP contribution in [-0.4, -0.2) is 39.0 Å². The third-order valence-corrected chi connectivity index (χ3v) is 3.56. The number of hydrogen-bond acceptors (Lipinski definition) is 5. The maximum atomic E-state index is 12.1. The minimum atomic E-state index is -0.719. The number of nitrogens with zero attached hydrogens (tertiary/aromatic N) is 1. The lowest BCUT2D eigenvalue weighted by Gasteiger charge is -2.30. The number of hydrogen-bond donors (Lipinski definition) is 1.